The Kier molecular flexibility index (Phi) is 2.73. The molecule has 1 amide bonds. The summed E-state index contributed by atoms with van der Waals surface area (Å²) in [6.07, 6.45) is 4.50. The Balaban J connectivity index is 2.66. The van der Waals surface area contributed by atoms with Crippen molar-refractivity contribution < 1.29 is 4.79 Å². The van der Waals surface area contributed by atoms with Crippen LogP contribution >= 0.6 is 0 Å². The second-order valence-electron chi connectivity index (χ2n) is 4.30. The average molecular weight is 170 g/mol. The zero-order chi connectivity index (χ0) is 9.19. The van der Waals surface area contributed by atoms with E-state index in [4.69, 9.17) is 5.84 Å². The van der Waals surface area contributed by atoms with Gasteiger partial charge in [-0.3, -0.25) is 10.2 Å². The summed E-state index contributed by atoms with van der Waals surface area (Å²) < 4.78 is 0. The van der Waals surface area contributed by atoms with Gasteiger partial charge >= 0.3 is 0 Å². The Bertz CT molecular complexity index is 177. The molecule has 70 valence electrons. The summed E-state index contributed by atoms with van der Waals surface area (Å²) >= 11 is 0. The van der Waals surface area contributed by atoms with E-state index in [2.05, 4.69) is 19.3 Å². The van der Waals surface area contributed by atoms with Crippen molar-refractivity contribution in [3.8, 4) is 0 Å². The number of hydrazine groups is 1. The molecule has 1 atom stereocenters. The molecule has 3 heteroatoms. The van der Waals surface area contributed by atoms with Crippen LogP contribution in [0.4, 0.5) is 0 Å². The summed E-state index contributed by atoms with van der Waals surface area (Å²) in [7, 11) is 0. The highest BCUT2D eigenvalue weighted by Crippen LogP contribution is 2.40. The summed E-state index contributed by atoms with van der Waals surface area (Å²) in [5, 5.41) is 0. The van der Waals surface area contributed by atoms with E-state index in [0.717, 1.165) is 19.3 Å². The van der Waals surface area contributed by atoms with E-state index in [1.165, 1.54) is 6.42 Å². The lowest BCUT2D eigenvalue weighted by Gasteiger charge is -2.36. The van der Waals surface area contributed by atoms with E-state index in [1.807, 2.05) is 0 Å². The van der Waals surface area contributed by atoms with Crippen LogP contribution in [-0.4, -0.2) is 5.91 Å². The molecular formula is C9H18N2O. The van der Waals surface area contributed by atoms with E-state index in [-0.39, 0.29) is 17.2 Å². The number of amides is 1. The van der Waals surface area contributed by atoms with Crippen molar-refractivity contribution in [2.75, 3.05) is 0 Å². The molecule has 0 heterocycles. The number of hydrogen-bond donors (Lipinski definition) is 2. The van der Waals surface area contributed by atoms with Gasteiger partial charge in [-0.25, -0.2) is 5.84 Å². The minimum Gasteiger partial charge on any atom is -0.294 e. The molecule has 1 aliphatic rings. The van der Waals surface area contributed by atoms with Crippen LogP contribution in [0.3, 0.4) is 0 Å². The molecule has 0 radical (unpaired) electrons. The highest BCUT2D eigenvalue weighted by atomic mass is 16.2. The summed E-state index contributed by atoms with van der Waals surface area (Å²) in [5.74, 6) is 5.23. The number of rotatable bonds is 1. The van der Waals surface area contributed by atoms with Gasteiger partial charge in [0, 0.05) is 5.92 Å². The predicted octanol–water partition coefficient (Wildman–Crippen LogP) is 1.19. The molecule has 1 rings (SSSR count). The minimum absolute atomic E-state index is 0.000278. The fraction of sp³-hybridized carbons (Fsp3) is 0.889. The number of hydrogen-bond acceptors (Lipinski definition) is 2. The Labute approximate surface area is 73.7 Å². The van der Waals surface area contributed by atoms with Gasteiger partial charge in [-0.15, -0.1) is 0 Å². The zero-order valence-corrected chi connectivity index (χ0v) is 7.89. The topological polar surface area (TPSA) is 55.1 Å². The summed E-state index contributed by atoms with van der Waals surface area (Å²) in [6.45, 7) is 4.29. The largest absolute Gasteiger partial charge is 0.294 e. The molecule has 0 aromatic carbocycles. The lowest BCUT2D eigenvalue weighted by atomic mass is 9.68. The molecule has 1 saturated carbocycles. The maximum absolute atomic E-state index is 11.3. The van der Waals surface area contributed by atoms with Gasteiger partial charge < -0.3 is 0 Å². The molecule has 0 bridgehead atoms. The summed E-state index contributed by atoms with van der Waals surface area (Å²) in [5.41, 5.74) is 2.38. The van der Waals surface area contributed by atoms with Crippen LogP contribution < -0.4 is 11.3 Å². The van der Waals surface area contributed by atoms with E-state index in [1.54, 1.807) is 0 Å². The highest BCUT2D eigenvalue weighted by Gasteiger charge is 2.36. The average Bonchev–Trinajstić information content (AvgIpc) is 2.02. The molecule has 0 aliphatic heterocycles. The lowest BCUT2D eigenvalue weighted by Crippen LogP contribution is -2.43. The van der Waals surface area contributed by atoms with Crippen molar-refractivity contribution in [2.24, 2.45) is 17.2 Å². The highest BCUT2D eigenvalue weighted by molar-refractivity contribution is 5.78. The van der Waals surface area contributed by atoms with Crippen molar-refractivity contribution in [3.63, 3.8) is 0 Å². The first-order valence-corrected chi connectivity index (χ1v) is 4.58. The van der Waals surface area contributed by atoms with Crippen molar-refractivity contribution >= 4 is 5.91 Å². The third-order valence-electron chi connectivity index (χ3n) is 2.97. The molecule has 3 nitrogen and oxygen atoms in total. The van der Waals surface area contributed by atoms with Crippen LogP contribution in [0.1, 0.15) is 39.5 Å². The van der Waals surface area contributed by atoms with Gasteiger partial charge in [-0.1, -0.05) is 26.7 Å². The van der Waals surface area contributed by atoms with Gasteiger partial charge in [0.15, 0.2) is 0 Å². The van der Waals surface area contributed by atoms with Gasteiger partial charge in [-0.05, 0) is 18.3 Å². The summed E-state index contributed by atoms with van der Waals surface area (Å²) in [6, 6.07) is 0. The molecule has 1 fully saturated rings. The van der Waals surface area contributed by atoms with Crippen LogP contribution in [0.25, 0.3) is 0 Å². The maximum atomic E-state index is 11.3. The number of nitrogens with one attached hydrogen (secondary N) is 1. The Morgan fingerprint density at radius 1 is 1.50 bits per heavy atom. The molecule has 0 spiro atoms. The van der Waals surface area contributed by atoms with E-state index in [0.29, 0.717) is 0 Å². The number of carbonyl (C=O) groups excluding carboxylic acids is 1. The summed E-state index contributed by atoms with van der Waals surface area (Å²) in [4.78, 5) is 11.3. The third-order valence-corrected chi connectivity index (χ3v) is 2.97. The van der Waals surface area contributed by atoms with Crippen LogP contribution in [0.15, 0.2) is 0 Å². The second-order valence-corrected chi connectivity index (χ2v) is 4.30. The smallest absolute Gasteiger partial charge is 0.237 e. The third kappa shape index (κ3) is 1.78. The molecule has 1 unspecified atom stereocenters. The van der Waals surface area contributed by atoms with Crippen LogP contribution in [0.5, 0.6) is 0 Å². The van der Waals surface area contributed by atoms with Gasteiger partial charge in [-0.2, -0.15) is 0 Å². The zero-order valence-electron chi connectivity index (χ0n) is 7.89. The molecule has 3 N–H and O–H groups in total. The first kappa shape index (κ1) is 9.52. The minimum atomic E-state index is -0.000278. The normalized spacial score (nSPS) is 28.1. The maximum Gasteiger partial charge on any atom is 0.237 e. The van der Waals surface area contributed by atoms with Gasteiger partial charge in [0.05, 0.1) is 0 Å². The van der Waals surface area contributed by atoms with Crippen molar-refractivity contribution in [3.05, 3.63) is 0 Å². The molecular weight excluding hydrogens is 152 g/mol. The van der Waals surface area contributed by atoms with Crippen molar-refractivity contribution in [1.29, 1.82) is 0 Å². The van der Waals surface area contributed by atoms with E-state index >= 15 is 0 Å². The number of carbonyl (C=O) groups is 1. The quantitative estimate of drug-likeness (QED) is 0.353. The Hall–Kier alpha value is -0.570. The second kappa shape index (κ2) is 3.44. The lowest BCUT2D eigenvalue weighted by molar-refractivity contribution is -0.130. The standard InChI is InChI=1S/C9H18N2O/c1-9(2)6-4-3-5-7(9)8(12)11-10/h7H,3-6,10H2,1-2H3,(H,11,12). The first-order valence-electron chi connectivity index (χ1n) is 4.58. The van der Waals surface area contributed by atoms with E-state index in [9.17, 15) is 4.79 Å². The van der Waals surface area contributed by atoms with Crippen molar-refractivity contribution in [1.82, 2.24) is 5.43 Å². The molecule has 0 aromatic rings. The van der Waals surface area contributed by atoms with Crippen LogP contribution in [0.2, 0.25) is 0 Å². The monoisotopic (exact) mass is 170 g/mol. The fourth-order valence-electron chi connectivity index (χ4n) is 2.08. The van der Waals surface area contributed by atoms with Crippen molar-refractivity contribution in [2.45, 2.75) is 39.5 Å². The SMILES string of the molecule is CC1(C)CCCCC1C(=O)NN. The molecule has 0 aromatic heterocycles. The fourth-order valence-corrected chi connectivity index (χ4v) is 2.08. The van der Waals surface area contributed by atoms with Gasteiger partial charge in [0.25, 0.3) is 0 Å². The predicted molar refractivity (Wildman–Crippen MR) is 48.1 cm³/mol. The number of nitrogens with two attached hydrogens (primary N) is 1. The van der Waals surface area contributed by atoms with Crippen LogP contribution in [0, 0.1) is 11.3 Å². The molecule has 12 heavy (non-hydrogen) atoms. The first-order chi connectivity index (χ1) is 5.58. The molecule has 1 aliphatic carbocycles. The van der Waals surface area contributed by atoms with Gasteiger partial charge in [0.2, 0.25) is 5.91 Å². The molecule has 0 saturated heterocycles. The van der Waals surface area contributed by atoms with Gasteiger partial charge in [0.1, 0.15) is 0 Å². The van der Waals surface area contributed by atoms with Crippen LogP contribution in [-0.2, 0) is 4.79 Å². The Morgan fingerprint density at radius 3 is 2.67 bits per heavy atom. The Morgan fingerprint density at radius 2 is 2.17 bits per heavy atom. The van der Waals surface area contributed by atoms with E-state index < -0.39 is 0 Å².